The Hall–Kier alpha value is -0.890. The van der Waals surface area contributed by atoms with Crippen LogP contribution in [-0.2, 0) is 0 Å². The Morgan fingerprint density at radius 3 is 2.40 bits per heavy atom. The van der Waals surface area contributed by atoms with E-state index in [1.165, 1.54) is 18.4 Å². The Labute approximate surface area is 90.7 Å². The highest BCUT2D eigenvalue weighted by molar-refractivity contribution is 5.22. The molecule has 1 aromatic carbocycles. The van der Waals surface area contributed by atoms with Crippen molar-refractivity contribution in [3.05, 3.63) is 35.6 Å². The first-order chi connectivity index (χ1) is 7.20. The van der Waals surface area contributed by atoms with Crippen LogP contribution in [0.15, 0.2) is 24.3 Å². The molecule has 0 bridgehead atoms. The normalized spacial score (nSPS) is 30.7. The smallest absolute Gasteiger partial charge is 0.123 e. The van der Waals surface area contributed by atoms with E-state index in [0.717, 1.165) is 0 Å². The van der Waals surface area contributed by atoms with E-state index in [4.69, 9.17) is 0 Å². The summed E-state index contributed by atoms with van der Waals surface area (Å²) in [6.07, 6.45) is 2.39. The van der Waals surface area contributed by atoms with Gasteiger partial charge in [0.25, 0.3) is 0 Å². The first-order valence-corrected chi connectivity index (χ1v) is 5.63. The average molecular weight is 207 g/mol. The van der Waals surface area contributed by atoms with Gasteiger partial charge in [0.05, 0.1) is 0 Å². The van der Waals surface area contributed by atoms with Gasteiger partial charge in [-0.1, -0.05) is 19.1 Å². The minimum absolute atomic E-state index is 0.144. The highest BCUT2D eigenvalue weighted by Crippen LogP contribution is 2.39. The van der Waals surface area contributed by atoms with Gasteiger partial charge in [-0.15, -0.1) is 0 Å². The molecular weight excluding hydrogens is 189 g/mol. The van der Waals surface area contributed by atoms with Gasteiger partial charge in [0.2, 0.25) is 0 Å². The molecule has 0 saturated heterocycles. The molecule has 1 fully saturated rings. The van der Waals surface area contributed by atoms with Crippen molar-refractivity contribution in [2.75, 3.05) is 7.05 Å². The van der Waals surface area contributed by atoms with Crippen molar-refractivity contribution in [2.24, 2.45) is 5.92 Å². The number of hydrogen-bond donors (Lipinski definition) is 1. The Balaban J connectivity index is 2.14. The molecule has 0 amide bonds. The molecule has 82 valence electrons. The van der Waals surface area contributed by atoms with Gasteiger partial charge >= 0.3 is 0 Å². The third kappa shape index (κ3) is 2.20. The first kappa shape index (κ1) is 10.6. The topological polar surface area (TPSA) is 12.0 Å². The van der Waals surface area contributed by atoms with E-state index >= 15 is 0 Å². The predicted molar refractivity (Wildman–Crippen MR) is 60.4 cm³/mol. The second kappa shape index (κ2) is 4.31. The van der Waals surface area contributed by atoms with Crippen molar-refractivity contribution in [2.45, 2.75) is 31.7 Å². The summed E-state index contributed by atoms with van der Waals surface area (Å²) < 4.78 is 12.8. The molecule has 15 heavy (non-hydrogen) atoms. The van der Waals surface area contributed by atoms with Crippen molar-refractivity contribution >= 4 is 0 Å². The van der Waals surface area contributed by atoms with Crippen LogP contribution in [0.1, 0.15) is 31.2 Å². The molecule has 1 saturated carbocycles. The van der Waals surface area contributed by atoms with Gasteiger partial charge in [-0.25, -0.2) is 4.39 Å². The van der Waals surface area contributed by atoms with Crippen molar-refractivity contribution < 1.29 is 4.39 Å². The van der Waals surface area contributed by atoms with Crippen LogP contribution in [0.5, 0.6) is 0 Å². The first-order valence-electron chi connectivity index (χ1n) is 5.63. The van der Waals surface area contributed by atoms with E-state index in [0.29, 0.717) is 17.9 Å². The summed E-state index contributed by atoms with van der Waals surface area (Å²) in [5, 5.41) is 3.33. The molecule has 2 rings (SSSR count). The Morgan fingerprint density at radius 1 is 1.20 bits per heavy atom. The molecule has 1 aliphatic rings. The van der Waals surface area contributed by atoms with Crippen LogP contribution in [0.2, 0.25) is 0 Å². The van der Waals surface area contributed by atoms with Crippen LogP contribution in [0, 0.1) is 11.7 Å². The van der Waals surface area contributed by atoms with E-state index in [2.05, 4.69) is 12.2 Å². The van der Waals surface area contributed by atoms with Crippen molar-refractivity contribution in [1.29, 1.82) is 0 Å². The van der Waals surface area contributed by atoms with Crippen molar-refractivity contribution in [3.8, 4) is 0 Å². The highest BCUT2D eigenvalue weighted by Gasteiger charge is 2.31. The summed E-state index contributed by atoms with van der Waals surface area (Å²) in [5.74, 6) is 1.13. The summed E-state index contributed by atoms with van der Waals surface area (Å²) in [7, 11) is 2.02. The van der Waals surface area contributed by atoms with Crippen LogP contribution in [-0.4, -0.2) is 13.1 Å². The van der Waals surface area contributed by atoms with Gasteiger partial charge in [0, 0.05) is 6.04 Å². The lowest BCUT2D eigenvalue weighted by molar-refractivity contribution is 0.523. The van der Waals surface area contributed by atoms with E-state index in [1.54, 1.807) is 12.1 Å². The second-order valence-corrected chi connectivity index (χ2v) is 4.59. The second-order valence-electron chi connectivity index (χ2n) is 4.59. The van der Waals surface area contributed by atoms with Gasteiger partial charge in [-0.05, 0) is 49.4 Å². The zero-order chi connectivity index (χ0) is 10.8. The number of nitrogens with one attached hydrogen (secondary N) is 1. The van der Waals surface area contributed by atoms with Gasteiger partial charge in [-0.3, -0.25) is 0 Å². The molecule has 0 radical (unpaired) electrons. The van der Waals surface area contributed by atoms with Gasteiger partial charge in [0.1, 0.15) is 5.82 Å². The van der Waals surface area contributed by atoms with Crippen molar-refractivity contribution in [3.63, 3.8) is 0 Å². The molecule has 0 aliphatic heterocycles. The zero-order valence-electron chi connectivity index (χ0n) is 9.33. The fourth-order valence-electron chi connectivity index (χ4n) is 2.66. The Kier molecular flexibility index (Phi) is 3.06. The minimum atomic E-state index is -0.144. The molecule has 1 unspecified atom stereocenters. The van der Waals surface area contributed by atoms with Crippen molar-refractivity contribution in [1.82, 2.24) is 5.32 Å². The lowest BCUT2D eigenvalue weighted by atomic mass is 9.90. The molecule has 1 N–H and O–H groups in total. The van der Waals surface area contributed by atoms with Crippen LogP contribution < -0.4 is 5.32 Å². The van der Waals surface area contributed by atoms with E-state index in [9.17, 15) is 4.39 Å². The Bertz CT molecular complexity index is 320. The van der Waals surface area contributed by atoms with Gasteiger partial charge in [-0.2, -0.15) is 0 Å². The Morgan fingerprint density at radius 2 is 1.87 bits per heavy atom. The summed E-state index contributed by atoms with van der Waals surface area (Å²) in [4.78, 5) is 0. The summed E-state index contributed by atoms with van der Waals surface area (Å²) in [6.45, 7) is 2.28. The number of hydrogen-bond acceptors (Lipinski definition) is 1. The largest absolute Gasteiger partial charge is 0.317 e. The molecule has 1 aromatic rings. The lowest BCUT2D eigenvalue weighted by Crippen LogP contribution is -2.21. The van der Waals surface area contributed by atoms with Crippen LogP contribution >= 0.6 is 0 Å². The molecule has 0 heterocycles. The van der Waals surface area contributed by atoms with Gasteiger partial charge in [0.15, 0.2) is 0 Å². The predicted octanol–water partition coefficient (Wildman–Crippen LogP) is 2.93. The zero-order valence-corrected chi connectivity index (χ0v) is 9.33. The lowest BCUT2D eigenvalue weighted by Gasteiger charge is -2.15. The maximum atomic E-state index is 12.8. The SMILES string of the molecule is CN[C@@H]1CC(c2ccc(F)cc2)[C@H](C)C1. The average Bonchev–Trinajstić information content (AvgIpc) is 2.61. The number of benzene rings is 1. The molecule has 1 nitrogen and oxygen atoms in total. The fraction of sp³-hybridized carbons (Fsp3) is 0.538. The summed E-state index contributed by atoms with van der Waals surface area (Å²) >= 11 is 0. The molecule has 2 heteroatoms. The van der Waals surface area contributed by atoms with Crippen LogP contribution in [0.3, 0.4) is 0 Å². The molecule has 0 spiro atoms. The maximum absolute atomic E-state index is 12.8. The molecule has 1 aliphatic carbocycles. The highest BCUT2D eigenvalue weighted by atomic mass is 19.1. The maximum Gasteiger partial charge on any atom is 0.123 e. The fourth-order valence-corrected chi connectivity index (χ4v) is 2.66. The number of halogens is 1. The third-order valence-corrected chi connectivity index (χ3v) is 3.59. The van der Waals surface area contributed by atoms with Gasteiger partial charge < -0.3 is 5.32 Å². The summed E-state index contributed by atoms with van der Waals surface area (Å²) in [5.41, 5.74) is 1.28. The monoisotopic (exact) mass is 207 g/mol. The van der Waals surface area contributed by atoms with Crippen LogP contribution in [0.4, 0.5) is 4.39 Å². The minimum Gasteiger partial charge on any atom is -0.317 e. The molecule has 0 aromatic heterocycles. The third-order valence-electron chi connectivity index (χ3n) is 3.59. The quantitative estimate of drug-likeness (QED) is 0.786. The standard InChI is InChI=1S/C13H18FN/c1-9-7-12(15-2)8-13(9)10-3-5-11(14)6-4-10/h3-6,9,12-13,15H,7-8H2,1-2H3/t9-,12+,13?/m1/s1. The van der Waals surface area contributed by atoms with E-state index in [1.807, 2.05) is 19.2 Å². The molecule has 3 atom stereocenters. The molecular formula is C13H18FN. The summed E-state index contributed by atoms with van der Waals surface area (Å²) in [6, 6.07) is 7.60. The van der Waals surface area contributed by atoms with E-state index < -0.39 is 0 Å². The van der Waals surface area contributed by atoms with Crippen LogP contribution in [0.25, 0.3) is 0 Å². The van der Waals surface area contributed by atoms with E-state index in [-0.39, 0.29) is 5.82 Å². The number of rotatable bonds is 2.